The highest BCUT2D eigenvalue weighted by molar-refractivity contribution is 5.93. The van der Waals surface area contributed by atoms with Crippen LogP contribution < -0.4 is 11.1 Å². The van der Waals surface area contributed by atoms with E-state index in [1.165, 1.54) is 0 Å². The van der Waals surface area contributed by atoms with Crippen LogP contribution in [0.4, 0.5) is 5.69 Å². The highest BCUT2D eigenvalue weighted by Gasteiger charge is 2.16. The first-order valence-electron chi connectivity index (χ1n) is 5.61. The summed E-state index contributed by atoms with van der Waals surface area (Å²) in [6, 6.07) is 5.29. The lowest BCUT2D eigenvalue weighted by Gasteiger charge is -2.23. The summed E-state index contributed by atoms with van der Waals surface area (Å²) in [7, 11) is 0. The number of aliphatic hydroxyl groups excluding tert-OH is 1. The summed E-state index contributed by atoms with van der Waals surface area (Å²) in [6.45, 7) is 6.67. The number of carbonyl (C=O) groups is 1. The molecular weight excluding hydrogens is 216 g/mol. The second kappa shape index (κ2) is 5.19. The normalized spacial score (nSPS) is 11.3. The molecule has 4 N–H and O–H groups in total. The van der Waals surface area contributed by atoms with Gasteiger partial charge in [0.15, 0.2) is 0 Å². The molecule has 0 saturated carbocycles. The van der Waals surface area contributed by atoms with Crippen molar-refractivity contribution in [2.24, 2.45) is 11.1 Å². The maximum absolute atomic E-state index is 11.0. The van der Waals surface area contributed by atoms with Crippen molar-refractivity contribution in [2.45, 2.75) is 20.8 Å². The molecule has 0 unspecified atom stereocenters. The third-order valence-corrected chi connectivity index (χ3v) is 2.70. The molecule has 0 bridgehead atoms. The van der Waals surface area contributed by atoms with Crippen molar-refractivity contribution in [1.82, 2.24) is 0 Å². The summed E-state index contributed by atoms with van der Waals surface area (Å²) < 4.78 is 0. The molecule has 4 nitrogen and oxygen atoms in total. The van der Waals surface area contributed by atoms with Crippen LogP contribution in [-0.4, -0.2) is 24.2 Å². The van der Waals surface area contributed by atoms with Gasteiger partial charge in [0.25, 0.3) is 0 Å². The van der Waals surface area contributed by atoms with Gasteiger partial charge in [0, 0.05) is 29.8 Å². The predicted molar refractivity (Wildman–Crippen MR) is 69.1 cm³/mol. The number of nitrogens with one attached hydrogen (secondary N) is 1. The summed E-state index contributed by atoms with van der Waals surface area (Å²) >= 11 is 0. The summed E-state index contributed by atoms with van der Waals surface area (Å²) in [4.78, 5) is 11.0. The SMILES string of the molecule is Cc1cc(C(N)=O)ccc1NCC(C)(C)CO. The van der Waals surface area contributed by atoms with Crippen LogP contribution in [-0.2, 0) is 0 Å². The average Bonchev–Trinajstić information content (AvgIpc) is 2.27. The van der Waals surface area contributed by atoms with Gasteiger partial charge >= 0.3 is 0 Å². The zero-order valence-corrected chi connectivity index (χ0v) is 10.6. The second-order valence-corrected chi connectivity index (χ2v) is 5.07. The average molecular weight is 236 g/mol. The second-order valence-electron chi connectivity index (χ2n) is 5.07. The van der Waals surface area contributed by atoms with E-state index in [-0.39, 0.29) is 12.0 Å². The van der Waals surface area contributed by atoms with Gasteiger partial charge in [-0.05, 0) is 30.7 Å². The van der Waals surface area contributed by atoms with E-state index in [0.29, 0.717) is 12.1 Å². The number of aliphatic hydroxyl groups is 1. The molecular formula is C13H20N2O2. The van der Waals surface area contributed by atoms with Crippen molar-refractivity contribution in [3.05, 3.63) is 29.3 Å². The van der Waals surface area contributed by atoms with E-state index in [4.69, 9.17) is 10.8 Å². The van der Waals surface area contributed by atoms with Gasteiger partial charge in [-0.15, -0.1) is 0 Å². The Morgan fingerprint density at radius 2 is 2.12 bits per heavy atom. The maximum atomic E-state index is 11.0. The standard InChI is InChI=1S/C13H20N2O2/c1-9-6-10(12(14)17)4-5-11(9)15-7-13(2,3)8-16/h4-6,15-16H,7-8H2,1-3H3,(H2,14,17). The maximum Gasteiger partial charge on any atom is 0.248 e. The van der Waals surface area contributed by atoms with Gasteiger partial charge in [-0.1, -0.05) is 13.8 Å². The van der Waals surface area contributed by atoms with E-state index in [0.717, 1.165) is 11.3 Å². The molecule has 0 fully saturated rings. The van der Waals surface area contributed by atoms with Crippen molar-refractivity contribution < 1.29 is 9.90 Å². The predicted octanol–water partition coefficient (Wildman–Crippen LogP) is 1.52. The Bertz CT molecular complexity index is 414. The molecule has 0 aromatic heterocycles. The number of hydrogen-bond donors (Lipinski definition) is 3. The molecule has 17 heavy (non-hydrogen) atoms. The van der Waals surface area contributed by atoms with Gasteiger partial charge < -0.3 is 16.2 Å². The van der Waals surface area contributed by atoms with Crippen molar-refractivity contribution in [1.29, 1.82) is 0 Å². The minimum absolute atomic E-state index is 0.123. The number of nitrogens with two attached hydrogens (primary N) is 1. The fraction of sp³-hybridized carbons (Fsp3) is 0.462. The highest BCUT2D eigenvalue weighted by Crippen LogP contribution is 2.20. The summed E-state index contributed by atoms with van der Waals surface area (Å²) in [5.41, 5.74) is 7.46. The fourth-order valence-corrected chi connectivity index (χ4v) is 1.41. The third-order valence-electron chi connectivity index (χ3n) is 2.70. The molecule has 0 radical (unpaired) electrons. The molecule has 0 aliphatic carbocycles. The first-order valence-corrected chi connectivity index (χ1v) is 5.61. The quantitative estimate of drug-likeness (QED) is 0.725. The van der Waals surface area contributed by atoms with Gasteiger partial charge in [0.05, 0.1) is 0 Å². The molecule has 94 valence electrons. The number of carbonyl (C=O) groups excluding carboxylic acids is 1. The Morgan fingerprint density at radius 3 is 2.59 bits per heavy atom. The molecule has 1 rings (SSSR count). The molecule has 0 aliphatic heterocycles. The Balaban J connectivity index is 2.77. The van der Waals surface area contributed by atoms with Crippen LogP contribution in [0, 0.1) is 12.3 Å². The van der Waals surface area contributed by atoms with Crippen LogP contribution in [0.5, 0.6) is 0 Å². The Kier molecular flexibility index (Phi) is 4.12. The Hall–Kier alpha value is -1.55. The summed E-state index contributed by atoms with van der Waals surface area (Å²) in [6.07, 6.45) is 0. The smallest absolute Gasteiger partial charge is 0.248 e. The molecule has 0 aliphatic rings. The van der Waals surface area contributed by atoms with Crippen molar-refractivity contribution in [3.63, 3.8) is 0 Å². The minimum Gasteiger partial charge on any atom is -0.396 e. The van der Waals surface area contributed by atoms with Crippen LogP contribution in [0.3, 0.4) is 0 Å². The topological polar surface area (TPSA) is 75.4 Å². The Labute approximate surface area is 102 Å². The third kappa shape index (κ3) is 3.75. The molecule has 1 aromatic carbocycles. The van der Waals surface area contributed by atoms with Gasteiger partial charge in [-0.3, -0.25) is 4.79 Å². The first-order chi connectivity index (χ1) is 7.85. The van der Waals surface area contributed by atoms with Crippen LogP contribution in [0.25, 0.3) is 0 Å². The Morgan fingerprint density at radius 1 is 1.47 bits per heavy atom. The lowest BCUT2D eigenvalue weighted by atomic mass is 9.94. The van der Waals surface area contributed by atoms with Crippen LogP contribution in [0.2, 0.25) is 0 Å². The van der Waals surface area contributed by atoms with E-state index in [9.17, 15) is 4.79 Å². The number of benzene rings is 1. The molecule has 0 spiro atoms. The molecule has 0 saturated heterocycles. The van der Waals surface area contributed by atoms with Crippen LogP contribution in [0.15, 0.2) is 18.2 Å². The van der Waals surface area contributed by atoms with E-state index in [1.54, 1.807) is 12.1 Å². The van der Waals surface area contributed by atoms with Crippen LogP contribution in [0.1, 0.15) is 29.8 Å². The summed E-state index contributed by atoms with van der Waals surface area (Å²) in [5, 5.41) is 12.4. The lowest BCUT2D eigenvalue weighted by molar-refractivity contribution is 0.1000. The molecule has 0 atom stereocenters. The molecule has 1 aromatic rings. The molecule has 1 amide bonds. The van der Waals surface area contributed by atoms with Crippen molar-refractivity contribution in [3.8, 4) is 0 Å². The van der Waals surface area contributed by atoms with Crippen molar-refractivity contribution in [2.75, 3.05) is 18.5 Å². The first kappa shape index (κ1) is 13.5. The zero-order chi connectivity index (χ0) is 13.1. The zero-order valence-electron chi connectivity index (χ0n) is 10.6. The lowest BCUT2D eigenvalue weighted by Crippen LogP contribution is -2.27. The summed E-state index contributed by atoms with van der Waals surface area (Å²) in [5.74, 6) is -0.421. The van der Waals surface area contributed by atoms with Gasteiger partial charge in [0.2, 0.25) is 5.91 Å². The number of hydrogen-bond acceptors (Lipinski definition) is 3. The van der Waals surface area contributed by atoms with Gasteiger partial charge in [0.1, 0.15) is 0 Å². The van der Waals surface area contributed by atoms with E-state index in [1.807, 2.05) is 26.8 Å². The fourth-order valence-electron chi connectivity index (χ4n) is 1.41. The number of anilines is 1. The minimum atomic E-state index is -0.421. The number of amides is 1. The number of rotatable bonds is 5. The van der Waals surface area contributed by atoms with Gasteiger partial charge in [-0.25, -0.2) is 0 Å². The molecule has 0 heterocycles. The van der Waals surface area contributed by atoms with Crippen molar-refractivity contribution >= 4 is 11.6 Å². The van der Waals surface area contributed by atoms with E-state index < -0.39 is 5.91 Å². The largest absolute Gasteiger partial charge is 0.396 e. The van der Waals surface area contributed by atoms with E-state index >= 15 is 0 Å². The molecule has 4 heteroatoms. The van der Waals surface area contributed by atoms with Crippen LogP contribution >= 0.6 is 0 Å². The van der Waals surface area contributed by atoms with Gasteiger partial charge in [-0.2, -0.15) is 0 Å². The number of primary amides is 1. The highest BCUT2D eigenvalue weighted by atomic mass is 16.3. The monoisotopic (exact) mass is 236 g/mol. The number of aryl methyl sites for hydroxylation is 1. The van der Waals surface area contributed by atoms with E-state index in [2.05, 4.69) is 5.32 Å².